The molecule has 1 aromatic rings. The van der Waals surface area contributed by atoms with Crippen LogP contribution in [0.25, 0.3) is 0 Å². The predicted molar refractivity (Wildman–Crippen MR) is 63.1 cm³/mol. The minimum atomic E-state index is 0.545. The van der Waals surface area contributed by atoms with Crippen LogP contribution in [0.15, 0.2) is 0 Å². The van der Waals surface area contributed by atoms with Crippen LogP contribution in [0.2, 0.25) is 4.47 Å². The smallest absolute Gasteiger partial charge is 0.207 e. The van der Waals surface area contributed by atoms with Gasteiger partial charge in [0.2, 0.25) is 4.47 Å². The number of likely N-dealkylation sites (tertiary alicyclic amines) is 1. The standard InChI is InChI=1S/C10H16ClN3S/c1-7-3-4-14(5-8(7)2)6-9-12-13-10(11)15-9/h7-8H,3-6H2,1-2H3. The Bertz CT molecular complexity index is 328. The summed E-state index contributed by atoms with van der Waals surface area (Å²) in [6, 6.07) is 0. The zero-order valence-corrected chi connectivity index (χ0v) is 10.7. The monoisotopic (exact) mass is 245 g/mol. The van der Waals surface area contributed by atoms with Crippen LogP contribution in [0.1, 0.15) is 25.3 Å². The van der Waals surface area contributed by atoms with Crippen molar-refractivity contribution in [1.29, 1.82) is 0 Å². The van der Waals surface area contributed by atoms with Crippen molar-refractivity contribution in [2.24, 2.45) is 11.8 Å². The average molecular weight is 246 g/mol. The first kappa shape index (κ1) is 11.3. The molecule has 1 fully saturated rings. The second-order valence-electron chi connectivity index (χ2n) is 4.43. The van der Waals surface area contributed by atoms with Crippen LogP contribution in [-0.4, -0.2) is 28.2 Å². The first-order valence-electron chi connectivity index (χ1n) is 5.35. The lowest BCUT2D eigenvalue weighted by atomic mass is 9.89. The van der Waals surface area contributed by atoms with Crippen LogP contribution in [0, 0.1) is 11.8 Å². The van der Waals surface area contributed by atoms with Crippen molar-refractivity contribution < 1.29 is 0 Å². The largest absolute Gasteiger partial charge is 0.296 e. The Balaban J connectivity index is 1.90. The quantitative estimate of drug-likeness (QED) is 0.802. The Morgan fingerprint density at radius 3 is 2.80 bits per heavy atom. The Morgan fingerprint density at radius 1 is 1.40 bits per heavy atom. The predicted octanol–water partition coefficient (Wildman–Crippen LogP) is 2.67. The number of rotatable bonds is 2. The maximum absolute atomic E-state index is 5.76. The topological polar surface area (TPSA) is 29.0 Å². The summed E-state index contributed by atoms with van der Waals surface area (Å²) in [6.07, 6.45) is 1.29. The highest BCUT2D eigenvalue weighted by molar-refractivity contribution is 7.15. The van der Waals surface area contributed by atoms with Crippen LogP contribution in [0.3, 0.4) is 0 Å². The summed E-state index contributed by atoms with van der Waals surface area (Å²) in [4.78, 5) is 2.45. The summed E-state index contributed by atoms with van der Waals surface area (Å²) in [6.45, 7) is 7.90. The van der Waals surface area contributed by atoms with E-state index in [0.29, 0.717) is 4.47 Å². The van der Waals surface area contributed by atoms with E-state index < -0.39 is 0 Å². The summed E-state index contributed by atoms with van der Waals surface area (Å²) in [5, 5.41) is 8.90. The van der Waals surface area contributed by atoms with Gasteiger partial charge in [-0.05, 0) is 36.4 Å². The summed E-state index contributed by atoms with van der Waals surface area (Å²) in [5.41, 5.74) is 0. The first-order valence-corrected chi connectivity index (χ1v) is 6.55. The lowest BCUT2D eigenvalue weighted by Gasteiger charge is -2.34. The molecule has 0 saturated carbocycles. The fraction of sp³-hybridized carbons (Fsp3) is 0.800. The molecule has 84 valence electrons. The molecule has 3 nitrogen and oxygen atoms in total. The third kappa shape index (κ3) is 2.89. The highest BCUT2D eigenvalue weighted by Crippen LogP contribution is 2.24. The van der Waals surface area contributed by atoms with Gasteiger partial charge in [-0.1, -0.05) is 25.2 Å². The third-order valence-electron chi connectivity index (χ3n) is 3.22. The lowest BCUT2D eigenvalue weighted by molar-refractivity contribution is 0.132. The van der Waals surface area contributed by atoms with E-state index in [0.717, 1.165) is 23.4 Å². The van der Waals surface area contributed by atoms with Gasteiger partial charge >= 0.3 is 0 Å². The van der Waals surface area contributed by atoms with Crippen molar-refractivity contribution in [2.75, 3.05) is 13.1 Å². The second-order valence-corrected chi connectivity index (χ2v) is 6.07. The molecule has 0 bridgehead atoms. The SMILES string of the molecule is CC1CCN(Cc2nnc(Cl)s2)CC1C. The molecule has 2 rings (SSSR count). The van der Waals surface area contributed by atoms with E-state index in [4.69, 9.17) is 11.6 Å². The van der Waals surface area contributed by atoms with E-state index >= 15 is 0 Å². The van der Waals surface area contributed by atoms with Crippen LogP contribution in [0.4, 0.5) is 0 Å². The van der Waals surface area contributed by atoms with Gasteiger partial charge in [-0.2, -0.15) is 0 Å². The molecule has 1 saturated heterocycles. The number of nitrogens with zero attached hydrogens (tertiary/aromatic N) is 3. The highest BCUT2D eigenvalue weighted by atomic mass is 35.5. The number of aromatic nitrogens is 2. The van der Waals surface area contributed by atoms with Gasteiger partial charge in [0.15, 0.2) is 0 Å². The zero-order chi connectivity index (χ0) is 10.8. The highest BCUT2D eigenvalue weighted by Gasteiger charge is 2.23. The molecule has 2 heterocycles. The molecule has 2 unspecified atom stereocenters. The maximum Gasteiger partial charge on any atom is 0.207 e. The van der Waals surface area contributed by atoms with Gasteiger partial charge in [-0.3, -0.25) is 4.90 Å². The molecule has 1 aliphatic rings. The summed E-state index contributed by atoms with van der Waals surface area (Å²) < 4.78 is 0.545. The Morgan fingerprint density at radius 2 is 2.20 bits per heavy atom. The number of halogens is 1. The molecular weight excluding hydrogens is 230 g/mol. The minimum absolute atomic E-state index is 0.545. The van der Waals surface area contributed by atoms with Gasteiger partial charge in [0.1, 0.15) is 5.01 Å². The van der Waals surface area contributed by atoms with Crippen molar-refractivity contribution >= 4 is 22.9 Å². The average Bonchev–Trinajstić information content (AvgIpc) is 2.58. The van der Waals surface area contributed by atoms with E-state index in [9.17, 15) is 0 Å². The molecule has 0 N–H and O–H groups in total. The van der Waals surface area contributed by atoms with E-state index in [-0.39, 0.29) is 0 Å². The first-order chi connectivity index (χ1) is 7.15. The molecule has 5 heteroatoms. The molecule has 2 atom stereocenters. The summed E-state index contributed by atoms with van der Waals surface area (Å²) in [7, 11) is 0. The molecule has 0 amide bonds. The number of hydrogen-bond donors (Lipinski definition) is 0. The fourth-order valence-electron chi connectivity index (χ4n) is 1.98. The molecule has 1 aromatic heterocycles. The van der Waals surface area contributed by atoms with Crippen molar-refractivity contribution in [2.45, 2.75) is 26.8 Å². The van der Waals surface area contributed by atoms with Crippen molar-refractivity contribution in [3.63, 3.8) is 0 Å². The van der Waals surface area contributed by atoms with Crippen LogP contribution in [-0.2, 0) is 6.54 Å². The van der Waals surface area contributed by atoms with E-state index in [2.05, 4.69) is 28.9 Å². The summed E-state index contributed by atoms with van der Waals surface area (Å²) >= 11 is 7.24. The molecule has 0 spiro atoms. The molecule has 0 aromatic carbocycles. The minimum Gasteiger partial charge on any atom is -0.296 e. The number of piperidine rings is 1. The van der Waals surface area contributed by atoms with Gasteiger partial charge in [0, 0.05) is 6.54 Å². The third-order valence-corrected chi connectivity index (χ3v) is 4.22. The second kappa shape index (κ2) is 4.76. The van der Waals surface area contributed by atoms with Gasteiger partial charge < -0.3 is 0 Å². The molecule has 0 aliphatic carbocycles. The fourth-order valence-corrected chi connectivity index (χ4v) is 2.89. The Hall–Kier alpha value is -0.190. The normalized spacial score (nSPS) is 28.2. The van der Waals surface area contributed by atoms with Crippen molar-refractivity contribution in [1.82, 2.24) is 15.1 Å². The number of hydrogen-bond acceptors (Lipinski definition) is 4. The Kier molecular flexibility index (Phi) is 3.59. The van der Waals surface area contributed by atoms with E-state index in [1.54, 1.807) is 0 Å². The zero-order valence-electron chi connectivity index (χ0n) is 9.11. The van der Waals surface area contributed by atoms with Crippen LogP contribution in [0.5, 0.6) is 0 Å². The van der Waals surface area contributed by atoms with Gasteiger partial charge in [-0.25, -0.2) is 0 Å². The van der Waals surface area contributed by atoms with Gasteiger partial charge in [0.05, 0.1) is 6.54 Å². The van der Waals surface area contributed by atoms with Gasteiger partial charge in [-0.15, -0.1) is 10.2 Å². The maximum atomic E-state index is 5.76. The van der Waals surface area contributed by atoms with E-state index in [1.165, 1.54) is 30.8 Å². The molecule has 0 radical (unpaired) electrons. The van der Waals surface area contributed by atoms with Crippen LogP contribution >= 0.6 is 22.9 Å². The molecular formula is C10H16ClN3S. The van der Waals surface area contributed by atoms with Gasteiger partial charge in [0.25, 0.3) is 0 Å². The van der Waals surface area contributed by atoms with E-state index in [1.807, 2.05) is 0 Å². The summed E-state index contributed by atoms with van der Waals surface area (Å²) in [5.74, 6) is 1.63. The molecule has 15 heavy (non-hydrogen) atoms. The molecule has 1 aliphatic heterocycles. The van der Waals surface area contributed by atoms with Crippen molar-refractivity contribution in [3.05, 3.63) is 9.47 Å². The van der Waals surface area contributed by atoms with Crippen molar-refractivity contribution in [3.8, 4) is 0 Å². The Labute approximate surface area is 99.5 Å². The van der Waals surface area contributed by atoms with Crippen LogP contribution < -0.4 is 0 Å². The lowest BCUT2D eigenvalue weighted by Crippen LogP contribution is -2.37.